The first-order valence-electron chi connectivity index (χ1n) is 7.06. The molecule has 2 aromatic rings. The molecule has 0 spiro atoms. The SMILES string of the molecule is O=C(N[C@@H]1CCO[C@@H]1c1ccc(F)c(F)c1)c1cncc(O)c1. The van der Waals surface area contributed by atoms with Gasteiger partial charge in [-0.25, -0.2) is 8.78 Å². The Hall–Kier alpha value is -2.54. The molecule has 1 fully saturated rings. The molecule has 2 N–H and O–H groups in total. The molecule has 1 amide bonds. The fraction of sp³-hybridized carbons (Fsp3) is 0.250. The van der Waals surface area contributed by atoms with Crippen LogP contribution < -0.4 is 5.32 Å². The molecule has 7 heteroatoms. The number of ether oxygens (including phenoxy) is 1. The van der Waals surface area contributed by atoms with Gasteiger partial charge in [0.25, 0.3) is 5.91 Å². The van der Waals surface area contributed by atoms with E-state index in [0.29, 0.717) is 18.6 Å². The van der Waals surface area contributed by atoms with Crippen LogP contribution in [-0.4, -0.2) is 28.6 Å². The average molecular weight is 320 g/mol. The van der Waals surface area contributed by atoms with Crippen molar-refractivity contribution in [2.24, 2.45) is 0 Å². The summed E-state index contributed by atoms with van der Waals surface area (Å²) in [5.41, 5.74) is 0.668. The van der Waals surface area contributed by atoms with E-state index in [1.807, 2.05) is 0 Å². The fourth-order valence-corrected chi connectivity index (χ4v) is 2.56. The standard InChI is InChI=1S/C16H14F2N2O3/c17-12-2-1-9(6-13(12)18)15-14(3-4-23-15)20-16(22)10-5-11(21)8-19-7-10/h1-2,5-8,14-15,21H,3-4H2,(H,20,22)/t14-,15-/m1/s1. The van der Waals surface area contributed by atoms with E-state index < -0.39 is 23.6 Å². The smallest absolute Gasteiger partial charge is 0.253 e. The number of nitrogens with zero attached hydrogens (tertiary/aromatic N) is 1. The number of benzene rings is 1. The summed E-state index contributed by atoms with van der Waals surface area (Å²) in [6.45, 7) is 0.396. The van der Waals surface area contributed by atoms with Crippen molar-refractivity contribution in [3.63, 3.8) is 0 Å². The number of aromatic hydroxyl groups is 1. The van der Waals surface area contributed by atoms with Crippen LogP contribution in [0.5, 0.6) is 5.75 Å². The highest BCUT2D eigenvalue weighted by atomic mass is 19.2. The van der Waals surface area contributed by atoms with E-state index in [9.17, 15) is 18.7 Å². The molecule has 1 aromatic carbocycles. The van der Waals surface area contributed by atoms with Crippen molar-refractivity contribution in [2.45, 2.75) is 18.6 Å². The third kappa shape index (κ3) is 3.29. The molecular weight excluding hydrogens is 306 g/mol. The molecule has 1 aliphatic rings. The van der Waals surface area contributed by atoms with Crippen molar-refractivity contribution < 1.29 is 23.4 Å². The summed E-state index contributed by atoms with van der Waals surface area (Å²) in [4.78, 5) is 15.9. The number of aromatic nitrogens is 1. The molecule has 0 bridgehead atoms. The first-order chi connectivity index (χ1) is 11.0. The molecule has 0 unspecified atom stereocenters. The first-order valence-corrected chi connectivity index (χ1v) is 7.06. The maximum absolute atomic E-state index is 13.4. The van der Waals surface area contributed by atoms with Gasteiger partial charge in [-0.3, -0.25) is 9.78 Å². The molecule has 2 heterocycles. The number of rotatable bonds is 3. The van der Waals surface area contributed by atoms with Crippen LogP contribution in [0, 0.1) is 11.6 Å². The Balaban J connectivity index is 1.76. The largest absolute Gasteiger partial charge is 0.506 e. The third-order valence-electron chi connectivity index (χ3n) is 3.67. The second-order valence-electron chi connectivity index (χ2n) is 5.27. The molecule has 23 heavy (non-hydrogen) atoms. The Morgan fingerprint density at radius 2 is 2.09 bits per heavy atom. The number of pyridine rings is 1. The molecule has 120 valence electrons. The van der Waals surface area contributed by atoms with E-state index >= 15 is 0 Å². The molecule has 1 saturated heterocycles. The monoisotopic (exact) mass is 320 g/mol. The van der Waals surface area contributed by atoms with Crippen LogP contribution in [-0.2, 0) is 4.74 Å². The summed E-state index contributed by atoms with van der Waals surface area (Å²) in [6, 6.07) is 4.45. The number of hydrogen-bond donors (Lipinski definition) is 2. The van der Waals surface area contributed by atoms with E-state index in [0.717, 1.165) is 12.1 Å². The average Bonchev–Trinajstić information content (AvgIpc) is 2.98. The van der Waals surface area contributed by atoms with Crippen molar-refractivity contribution in [1.29, 1.82) is 0 Å². The summed E-state index contributed by atoms with van der Waals surface area (Å²) in [5, 5.41) is 12.1. The fourth-order valence-electron chi connectivity index (χ4n) is 2.56. The summed E-state index contributed by atoms with van der Waals surface area (Å²) in [5.74, 6) is -2.42. The Labute approximate surface area is 130 Å². The molecule has 0 saturated carbocycles. The minimum absolute atomic E-state index is 0.113. The predicted molar refractivity (Wildman–Crippen MR) is 76.8 cm³/mol. The van der Waals surface area contributed by atoms with Gasteiger partial charge < -0.3 is 15.2 Å². The van der Waals surface area contributed by atoms with E-state index in [4.69, 9.17) is 4.74 Å². The zero-order chi connectivity index (χ0) is 16.4. The van der Waals surface area contributed by atoms with Crippen molar-refractivity contribution in [3.8, 4) is 5.75 Å². The van der Waals surface area contributed by atoms with E-state index in [1.54, 1.807) is 0 Å². The lowest BCUT2D eigenvalue weighted by Crippen LogP contribution is -2.36. The van der Waals surface area contributed by atoms with Gasteiger partial charge in [-0.1, -0.05) is 6.07 Å². The number of carbonyl (C=O) groups is 1. The van der Waals surface area contributed by atoms with Gasteiger partial charge >= 0.3 is 0 Å². The van der Waals surface area contributed by atoms with Crippen molar-refractivity contribution >= 4 is 5.91 Å². The second-order valence-corrected chi connectivity index (χ2v) is 5.27. The molecule has 0 aliphatic carbocycles. The minimum Gasteiger partial charge on any atom is -0.506 e. The minimum atomic E-state index is -0.958. The Kier molecular flexibility index (Phi) is 4.20. The van der Waals surface area contributed by atoms with Gasteiger partial charge in [0.15, 0.2) is 11.6 Å². The quantitative estimate of drug-likeness (QED) is 0.910. The molecule has 1 aliphatic heterocycles. The summed E-state index contributed by atoms with van der Waals surface area (Å²) in [6.07, 6.45) is 2.54. The summed E-state index contributed by atoms with van der Waals surface area (Å²) >= 11 is 0. The van der Waals surface area contributed by atoms with Gasteiger partial charge in [0.05, 0.1) is 17.8 Å². The van der Waals surface area contributed by atoms with Crippen LogP contribution in [0.1, 0.15) is 28.4 Å². The van der Waals surface area contributed by atoms with Crippen LogP contribution >= 0.6 is 0 Å². The maximum atomic E-state index is 13.4. The Bertz CT molecular complexity index is 739. The summed E-state index contributed by atoms with van der Waals surface area (Å²) in [7, 11) is 0. The van der Waals surface area contributed by atoms with Crippen molar-refractivity contribution in [3.05, 3.63) is 59.4 Å². The van der Waals surface area contributed by atoms with Crippen LogP contribution in [0.4, 0.5) is 8.78 Å². The zero-order valence-corrected chi connectivity index (χ0v) is 12.0. The van der Waals surface area contributed by atoms with E-state index in [1.165, 1.54) is 24.5 Å². The van der Waals surface area contributed by atoms with Gasteiger partial charge in [-0.05, 0) is 30.2 Å². The van der Waals surface area contributed by atoms with Gasteiger partial charge in [0, 0.05) is 12.8 Å². The lowest BCUT2D eigenvalue weighted by atomic mass is 10.0. The molecule has 2 atom stereocenters. The van der Waals surface area contributed by atoms with Crippen LogP contribution in [0.25, 0.3) is 0 Å². The van der Waals surface area contributed by atoms with E-state index in [-0.39, 0.29) is 17.4 Å². The molecule has 1 aromatic heterocycles. The number of halogens is 2. The predicted octanol–water partition coefficient (Wildman–Crippen LogP) is 2.33. The van der Waals surface area contributed by atoms with Crippen molar-refractivity contribution in [1.82, 2.24) is 10.3 Å². The highest BCUT2D eigenvalue weighted by molar-refractivity contribution is 5.94. The number of carbonyl (C=O) groups excluding carboxylic acids is 1. The third-order valence-corrected chi connectivity index (χ3v) is 3.67. The topological polar surface area (TPSA) is 71.5 Å². The summed E-state index contributed by atoms with van der Waals surface area (Å²) < 4.78 is 32.0. The van der Waals surface area contributed by atoms with Gasteiger partial charge in [-0.15, -0.1) is 0 Å². The van der Waals surface area contributed by atoms with Crippen LogP contribution in [0.2, 0.25) is 0 Å². The van der Waals surface area contributed by atoms with E-state index in [2.05, 4.69) is 10.3 Å². The maximum Gasteiger partial charge on any atom is 0.253 e. The molecule has 0 radical (unpaired) electrons. The Morgan fingerprint density at radius 1 is 1.26 bits per heavy atom. The first kappa shape index (κ1) is 15.4. The van der Waals surface area contributed by atoms with Crippen LogP contribution in [0.15, 0.2) is 36.7 Å². The lowest BCUT2D eigenvalue weighted by molar-refractivity contribution is 0.0820. The lowest BCUT2D eigenvalue weighted by Gasteiger charge is -2.20. The molecule has 5 nitrogen and oxygen atoms in total. The number of amides is 1. The highest BCUT2D eigenvalue weighted by Crippen LogP contribution is 2.30. The normalized spacial score (nSPS) is 20.4. The zero-order valence-electron chi connectivity index (χ0n) is 12.0. The van der Waals surface area contributed by atoms with Crippen LogP contribution in [0.3, 0.4) is 0 Å². The second kappa shape index (κ2) is 6.29. The Morgan fingerprint density at radius 3 is 2.83 bits per heavy atom. The number of nitrogens with one attached hydrogen (secondary N) is 1. The van der Waals surface area contributed by atoms with Crippen molar-refractivity contribution in [2.75, 3.05) is 6.61 Å². The number of hydrogen-bond acceptors (Lipinski definition) is 4. The molecule has 3 rings (SSSR count). The highest BCUT2D eigenvalue weighted by Gasteiger charge is 2.31. The van der Waals surface area contributed by atoms with Gasteiger partial charge in [-0.2, -0.15) is 0 Å². The van der Waals surface area contributed by atoms with Gasteiger partial charge in [0.2, 0.25) is 0 Å². The van der Waals surface area contributed by atoms with Gasteiger partial charge in [0.1, 0.15) is 11.9 Å². The molecular formula is C16H14F2N2O3.